The van der Waals surface area contributed by atoms with Crippen molar-refractivity contribution < 1.29 is 28.6 Å². The van der Waals surface area contributed by atoms with Gasteiger partial charge in [0.1, 0.15) is 6.10 Å². The Balaban J connectivity index is 1.53. The minimum Gasteiger partial charge on any atom is -0.450 e. The zero-order valence-corrected chi connectivity index (χ0v) is 22.5. The van der Waals surface area contributed by atoms with Crippen LogP contribution < -0.4 is 4.74 Å². The first-order valence-electron chi connectivity index (χ1n) is 13.2. The Kier molecular flexibility index (Phi) is 4.93. The van der Waals surface area contributed by atoms with E-state index in [1.807, 2.05) is 40.7 Å². The van der Waals surface area contributed by atoms with Crippen LogP contribution in [0.1, 0.15) is 73.6 Å². The summed E-state index contributed by atoms with van der Waals surface area (Å²) >= 11 is 0. The lowest BCUT2D eigenvalue weighted by Gasteiger charge is -2.52. The molecule has 36 heavy (non-hydrogen) atoms. The molecule has 1 spiro atoms. The molecule has 0 radical (unpaired) electrons. The van der Waals surface area contributed by atoms with E-state index in [0.29, 0.717) is 11.8 Å². The topological polar surface area (TPSA) is 104 Å². The van der Waals surface area contributed by atoms with E-state index in [0.717, 1.165) is 17.6 Å². The smallest absolute Gasteiger partial charge is 0.354 e. The zero-order valence-electron chi connectivity index (χ0n) is 22.5. The second-order valence-electron chi connectivity index (χ2n) is 13.1. The van der Waals surface area contributed by atoms with Crippen molar-refractivity contribution in [2.24, 2.45) is 34.5 Å². The highest BCUT2D eigenvalue weighted by Gasteiger charge is 2.77. The molecule has 1 N–H and O–H groups in total. The Labute approximate surface area is 212 Å². The van der Waals surface area contributed by atoms with Crippen LogP contribution in [0.2, 0.25) is 0 Å². The van der Waals surface area contributed by atoms with E-state index in [4.69, 9.17) is 18.7 Å². The fourth-order valence-electron chi connectivity index (χ4n) is 7.91. The molecule has 4 aliphatic carbocycles. The van der Waals surface area contributed by atoms with E-state index in [-0.39, 0.29) is 47.5 Å². The monoisotopic (exact) mass is 498 g/mol. The van der Waals surface area contributed by atoms with Crippen LogP contribution in [0, 0.1) is 34.5 Å². The number of allylic oxidation sites excluding steroid dienone is 1. The van der Waals surface area contributed by atoms with Gasteiger partial charge in [-0.15, -0.1) is 0 Å². The van der Waals surface area contributed by atoms with Gasteiger partial charge >= 0.3 is 6.01 Å². The first-order chi connectivity index (χ1) is 16.7. The number of aromatic nitrogens is 2. The first kappa shape index (κ1) is 24.3. The number of hydrogen-bond acceptors (Lipinski definition) is 8. The van der Waals surface area contributed by atoms with Gasteiger partial charge in [-0.3, -0.25) is 4.79 Å². The first-order valence-corrected chi connectivity index (χ1v) is 13.2. The summed E-state index contributed by atoms with van der Waals surface area (Å²) in [7, 11) is 0. The van der Waals surface area contributed by atoms with Crippen molar-refractivity contribution in [3.63, 3.8) is 0 Å². The van der Waals surface area contributed by atoms with Crippen molar-refractivity contribution in [1.29, 1.82) is 0 Å². The van der Waals surface area contributed by atoms with Crippen LogP contribution in [-0.4, -0.2) is 51.2 Å². The number of Topliss-reactive ketones (excluding diaryl/α,β-unsaturated/α-hetero) is 1. The molecule has 2 bridgehead atoms. The molecule has 2 saturated carbocycles. The fraction of sp³-hybridized carbons (Fsp3) is 0.750. The van der Waals surface area contributed by atoms with Crippen molar-refractivity contribution in [1.82, 2.24) is 10.1 Å². The highest BCUT2D eigenvalue weighted by molar-refractivity contribution is 5.95. The predicted molar refractivity (Wildman–Crippen MR) is 130 cm³/mol. The van der Waals surface area contributed by atoms with Crippen molar-refractivity contribution in [3.8, 4) is 6.01 Å². The molecule has 5 aliphatic rings. The predicted octanol–water partition coefficient (Wildman–Crippen LogP) is 4.21. The number of ketones is 1. The van der Waals surface area contributed by atoms with E-state index in [1.165, 1.54) is 0 Å². The molecule has 1 aromatic rings. The highest BCUT2D eigenvalue weighted by Crippen LogP contribution is 2.72. The molecular weight excluding hydrogens is 460 g/mol. The number of rotatable bonds is 3. The molecular formula is C28H38N2O6. The van der Waals surface area contributed by atoms with Crippen LogP contribution in [0.25, 0.3) is 0 Å². The Morgan fingerprint density at radius 3 is 2.61 bits per heavy atom. The number of hydrogen-bond donors (Lipinski definition) is 1. The minimum absolute atomic E-state index is 0.0378. The summed E-state index contributed by atoms with van der Waals surface area (Å²) in [6.45, 7) is 16.4. The maximum atomic E-state index is 14.7. The van der Waals surface area contributed by atoms with Gasteiger partial charge in [-0.1, -0.05) is 46.8 Å². The number of ether oxygens (including phenoxy) is 3. The molecule has 0 amide bonds. The van der Waals surface area contributed by atoms with Crippen molar-refractivity contribution in [3.05, 3.63) is 29.2 Å². The highest BCUT2D eigenvalue weighted by atomic mass is 16.7. The Hall–Kier alpha value is -2.03. The molecule has 8 atom stereocenters. The van der Waals surface area contributed by atoms with Gasteiger partial charge in [0, 0.05) is 11.8 Å². The van der Waals surface area contributed by atoms with Gasteiger partial charge in [-0.05, 0) is 66.7 Å². The minimum atomic E-state index is -1.70. The van der Waals surface area contributed by atoms with E-state index < -0.39 is 29.0 Å². The third-order valence-electron chi connectivity index (χ3n) is 9.81. The van der Waals surface area contributed by atoms with E-state index in [1.54, 1.807) is 0 Å². The Bertz CT molecular complexity index is 1180. The van der Waals surface area contributed by atoms with Gasteiger partial charge in [-0.25, -0.2) is 0 Å². The summed E-state index contributed by atoms with van der Waals surface area (Å²) in [5.41, 5.74) is -1.21. The van der Waals surface area contributed by atoms with Gasteiger partial charge in [0.05, 0.1) is 12.0 Å². The van der Waals surface area contributed by atoms with Gasteiger partial charge in [-0.2, -0.15) is 4.98 Å². The molecule has 196 valence electrons. The fourth-order valence-corrected chi connectivity index (χ4v) is 7.91. The lowest BCUT2D eigenvalue weighted by atomic mass is 9.59. The molecule has 1 aliphatic heterocycles. The molecule has 1 aromatic heterocycles. The number of aliphatic hydroxyl groups is 1. The van der Waals surface area contributed by atoms with Crippen LogP contribution >= 0.6 is 0 Å². The largest absolute Gasteiger partial charge is 0.450 e. The Morgan fingerprint density at radius 1 is 1.22 bits per heavy atom. The SMILES string of the molecule is CC1=CC23C(=O)C(C=C4COC(C)(C)OC4C2(O)C1Oc1noc(C(C)C)n1)C1C(CC3C)C1(C)C. The average Bonchev–Trinajstić information content (AvgIpc) is 3.10. The average molecular weight is 499 g/mol. The Morgan fingerprint density at radius 2 is 1.94 bits per heavy atom. The van der Waals surface area contributed by atoms with Crippen molar-refractivity contribution >= 4 is 5.78 Å². The summed E-state index contributed by atoms with van der Waals surface area (Å²) in [4.78, 5) is 19.1. The second kappa shape index (κ2) is 7.29. The second-order valence-corrected chi connectivity index (χ2v) is 13.1. The summed E-state index contributed by atoms with van der Waals surface area (Å²) in [6.07, 6.45) is 3.21. The van der Waals surface area contributed by atoms with Crippen LogP contribution in [0.5, 0.6) is 6.01 Å². The quantitative estimate of drug-likeness (QED) is 0.618. The number of fused-ring (bicyclic) bond motifs is 5. The molecule has 8 heteroatoms. The molecule has 6 rings (SSSR count). The summed E-state index contributed by atoms with van der Waals surface area (Å²) in [6, 6.07) is 0.0530. The van der Waals surface area contributed by atoms with Crippen LogP contribution in [0.3, 0.4) is 0 Å². The number of carbonyl (C=O) groups excluding carboxylic acids is 1. The lowest BCUT2D eigenvalue weighted by molar-refractivity contribution is -0.301. The van der Waals surface area contributed by atoms with Gasteiger partial charge in [0.25, 0.3) is 0 Å². The lowest BCUT2D eigenvalue weighted by Crippen LogP contribution is -2.68. The van der Waals surface area contributed by atoms with Gasteiger partial charge < -0.3 is 23.8 Å². The summed E-state index contributed by atoms with van der Waals surface area (Å²) < 4.78 is 24.2. The summed E-state index contributed by atoms with van der Waals surface area (Å²) in [5.74, 6) is -0.156. The molecule has 1 saturated heterocycles. The summed E-state index contributed by atoms with van der Waals surface area (Å²) in [5, 5.41) is 17.0. The van der Waals surface area contributed by atoms with Crippen LogP contribution in [0.4, 0.5) is 0 Å². The third kappa shape index (κ3) is 2.95. The van der Waals surface area contributed by atoms with Crippen molar-refractivity contribution in [2.45, 2.75) is 91.3 Å². The zero-order chi connectivity index (χ0) is 26.0. The molecule has 8 unspecified atom stereocenters. The number of nitrogens with zero attached hydrogens (tertiary/aromatic N) is 2. The molecule has 0 aromatic carbocycles. The third-order valence-corrected chi connectivity index (χ3v) is 9.81. The van der Waals surface area contributed by atoms with Crippen molar-refractivity contribution in [2.75, 3.05) is 6.61 Å². The molecule has 8 nitrogen and oxygen atoms in total. The maximum absolute atomic E-state index is 14.7. The number of carbonyl (C=O) groups is 1. The van der Waals surface area contributed by atoms with Gasteiger partial charge in [0.15, 0.2) is 23.3 Å². The molecule has 3 fully saturated rings. The van der Waals surface area contributed by atoms with E-state index in [2.05, 4.69) is 37.0 Å². The van der Waals surface area contributed by atoms with E-state index >= 15 is 0 Å². The normalized spacial score (nSPS) is 44.0. The van der Waals surface area contributed by atoms with Crippen LogP contribution in [0.15, 0.2) is 27.8 Å². The maximum Gasteiger partial charge on any atom is 0.354 e. The standard InChI is InChI=1S/C28H38N2O6/c1-13(2)23-29-24(30-36-23)34-21-14(3)11-27-15(4)9-18-19(25(18,5)6)17(20(27)31)10-16-12-33-26(7,8)35-22(16)28(21,27)32/h10-11,13,15,17-19,21-22,32H,9,12H2,1-8H3. The van der Waals surface area contributed by atoms with E-state index in [9.17, 15) is 9.90 Å². The van der Waals surface area contributed by atoms with Crippen LogP contribution in [-0.2, 0) is 14.3 Å². The molecule has 2 heterocycles. The van der Waals surface area contributed by atoms with Gasteiger partial charge in [0.2, 0.25) is 5.89 Å².